The summed E-state index contributed by atoms with van der Waals surface area (Å²) in [4.78, 5) is 5.64. The number of fused-ring (bicyclic) bond motifs is 2. The van der Waals surface area contributed by atoms with Gasteiger partial charge in [-0.3, -0.25) is 0 Å². The molecule has 0 saturated heterocycles. The van der Waals surface area contributed by atoms with Gasteiger partial charge in [0.1, 0.15) is 6.67 Å². The molecule has 2 nitrogen and oxygen atoms in total. The fourth-order valence-electron chi connectivity index (χ4n) is 13.3. The van der Waals surface area contributed by atoms with Gasteiger partial charge in [-0.2, -0.15) is 0 Å². The van der Waals surface area contributed by atoms with Crippen LogP contribution in [0, 0.1) is 13.8 Å². The monoisotopic (exact) mass is 1010 g/mol. The molecule has 4 unspecified atom stereocenters. The minimum absolute atomic E-state index is 0.140. The molecule has 0 aromatic heterocycles. The van der Waals surface area contributed by atoms with Crippen molar-refractivity contribution in [2.24, 2.45) is 0 Å². The van der Waals surface area contributed by atoms with E-state index in [9.17, 15) is 0 Å². The van der Waals surface area contributed by atoms with Gasteiger partial charge >= 0.3 is 0 Å². The number of hydrogen-bond acceptors (Lipinski definition) is 2. The molecule has 0 amide bonds. The smallest absolute Gasteiger partial charge is 0.100 e. The van der Waals surface area contributed by atoms with Crippen LogP contribution in [-0.2, 0) is 51.4 Å². The van der Waals surface area contributed by atoms with Crippen molar-refractivity contribution in [3.63, 3.8) is 0 Å². The molecule has 396 valence electrons. The van der Waals surface area contributed by atoms with Crippen molar-refractivity contribution in [1.29, 1.82) is 0 Å². The number of aryl methyl sites for hydroxylation is 10. The number of rotatable bonds is 18. The Kier molecular flexibility index (Phi) is 15.6. The van der Waals surface area contributed by atoms with Crippen LogP contribution in [0.15, 0.2) is 133 Å². The first-order chi connectivity index (χ1) is 37.2. The predicted molar refractivity (Wildman–Crippen MR) is 334 cm³/mol. The zero-order valence-electron chi connectivity index (χ0n) is 49.3. The summed E-state index contributed by atoms with van der Waals surface area (Å²) in [5.74, 6) is 0.560. The summed E-state index contributed by atoms with van der Waals surface area (Å²) in [7, 11) is 0. The Bertz CT molecular complexity index is 3060. The highest BCUT2D eigenvalue weighted by molar-refractivity contribution is 6.21. The first kappa shape index (κ1) is 53.7. The van der Waals surface area contributed by atoms with E-state index in [1.807, 2.05) is 0 Å². The predicted octanol–water partition coefficient (Wildman–Crippen LogP) is 19.7. The van der Waals surface area contributed by atoms with Gasteiger partial charge in [-0.1, -0.05) is 228 Å². The largest absolute Gasteiger partial charge is 0.320 e. The molecule has 0 radical (unpaired) electrons. The highest BCUT2D eigenvalue weighted by atomic mass is 15.4. The van der Waals surface area contributed by atoms with Crippen molar-refractivity contribution >= 4 is 33.5 Å². The molecule has 77 heavy (non-hydrogen) atoms. The van der Waals surface area contributed by atoms with Crippen LogP contribution in [0.25, 0.3) is 22.2 Å². The molecular formula is C75H86N2. The SMILES string of the molecule is CCc1cc(CC)cc(C(C)c2cc(C)cc(C(C)c3cc(CC)cc(CC)c3)c2N2CN(c3c(C(C)c4cc(CC)cc(CC)c4)cc(C)cc3C(C)c3cc(CC)cc(CC)c3)C3=C2c2cccc4cccc3c24)c1. The quantitative estimate of drug-likeness (QED) is 0.0845. The van der Waals surface area contributed by atoms with Gasteiger partial charge in [-0.25, -0.2) is 0 Å². The molecule has 0 saturated carbocycles. The third-order valence-corrected chi connectivity index (χ3v) is 18.1. The summed E-state index contributed by atoms with van der Waals surface area (Å²) in [5.41, 5.74) is 33.2. The molecule has 0 bridgehead atoms. The zero-order chi connectivity index (χ0) is 54.4. The second kappa shape index (κ2) is 22.4. The summed E-state index contributed by atoms with van der Waals surface area (Å²) in [6, 6.07) is 54.1. The molecule has 10 rings (SSSR count). The molecule has 0 fully saturated rings. The molecule has 4 atom stereocenters. The fourth-order valence-corrected chi connectivity index (χ4v) is 13.3. The highest BCUT2D eigenvalue weighted by Gasteiger charge is 2.43. The van der Waals surface area contributed by atoms with Crippen molar-refractivity contribution < 1.29 is 0 Å². The lowest BCUT2D eigenvalue weighted by Crippen LogP contribution is -2.32. The Balaban J connectivity index is 1.30. The zero-order valence-corrected chi connectivity index (χ0v) is 49.3. The Hall–Kier alpha value is -6.64. The van der Waals surface area contributed by atoms with Crippen molar-refractivity contribution in [1.82, 2.24) is 0 Å². The van der Waals surface area contributed by atoms with E-state index in [1.54, 1.807) is 0 Å². The molecular weight excluding hydrogens is 929 g/mol. The van der Waals surface area contributed by atoms with Gasteiger partial charge in [-0.05, 0) is 160 Å². The average molecular weight is 1020 g/mol. The third-order valence-electron chi connectivity index (χ3n) is 18.1. The molecule has 1 heterocycles. The summed E-state index contributed by atoms with van der Waals surface area (Å²) < 4.78 is 0. The van der Waals surface area contributed by atoms with E-state index < -0.39 is 0 Å². The second-order valence-electron chi connectivity index (χ2n) is 23.0. The van der Waals surface area contributed by atoms with Gasteiger partial charge in [0.25, 0.3) is 0 Å². The van der Waals surface area contributed by atoms with E-state index >= 15 is 0 Å². The van der Waals surface area contributed by atoms with Crippen molar-refractivity contribution in [3.05, 3.63) is 245 Å². The number of hydrogen-bond donors (Lipinski definition) is 0. The molecule has 0 N–H and O–H groups in total. The average Bonchev–Trinajstić information content (AvgIpc) is 4.21. The Morgan fingerprint density at radius 3 is 0.818 bits per heavy atom. The lowest BCUT2D eigenvalue weighted by molar-refractivity contribution is 0.836. The Morgan fingerprint density at radius 2 is 0.584 bits per heavy atom. The van der Waals surface area contributed by atoms with Crippen LogP contribution in [0.3, 0.4) is 0 Å². The number of nitrogens with zero attached hydrogens (tertiary/aromatic N) is 2. The molecule has 8 aromatic carbocycles. The lowest BCUT2D eigenvalue weighted by Gasteiger charge is -2.36. The number of benzene rings is 8. The molecule has 0 spiro atoms. The maximum atomic E-state index is 2.82. The highest BCUT2D eigenvalue weighted by Crippen LogP contribution is 2.56. The second-order valence-corrected chi connectivity index (χ2v) is 23.0. The van der Waals surface area contributed by atoms with E-state index in [-0.39, 0.29) is 23.7 Å². The molecule has 1 aliphatic heterocycles. The van der Waals surface area contributed by atoms with E-state index in [0.717, 1.165) is 51.4 Å². The van der Waals surface area contributed by atoms with Crippen molar-refractivity contribution in [2.45, 2.75) is 172 Å². The van der Waals surface area contributed by atoms with Crippen LogP contribution < -0.4 is 9.80 Å². The first-order valence-electron chi connectivity index (χ1n) is 29.9. The van der Waals surface area contributed by atoms with Gasteiger partial charge < -0.3 is 9.80 Å². The maximum Gasteiger partial charge on any atom is 0.100 e. The van der Waals surface area contributed by atoms with Crippen LogP contribution in [-0.4, -0.2) is 6.67 Å². The van der Waals surface area contributed by atoms with Crippen LogP contribution >= 0.6 is 0 Å². The van der Waals surface area contributed by atoms with Gasteiger partial charge in [0.2, 0.25) is 0 Å². The summed E-state index contributed by atoms with van der Waals surface area (Å²) in [5, 5.41) is 2.66. The Labute approximate surface area is 464 Å². The molecule has 1 aliphatic carbocycles. The third kappa shape index (κ3) is 10.0. The molecule has 8 aromatic rings. The normalized spacial score (nSPS) is 14.7. The van der Waals surface area contributed by atoms with Crippen LogP contribution in [0.4, 0.5) is 11.4 Å². The molecule has 2 aliphatic rings. The van der Waals surface area contributed by atoms with E-state index in [2.05, 4.69) is 240 Å². The van der Waals surface area contributed by atoms with Gasteiger partial charge in [0, 0.05) is 40.2 Å². The minimum Gasteiger partial charge on any atom is -0.320 e. The van der Waals surface area contributed by atoms with Crippen LogP contribution in [0.2, 0.25) is 0 Å². The minimum atomic E-state index is 0.140. The standard InChI is InChI=1S/C75H86N2/c1-15-52-33-53(16-2)38-61(37-52)48(11)67-29-46(9)30-68(49(12)62-39-54(17-3)34-55(18-4)40-62)72(67)76-45-77(75-66-28-24-26-60-25-23-27-65(71(60)66)74(75)76)73-69(50(13)63-41-56(19-5)35-57(20-6)42-63)31-47(10)32-70(73)51(14)64-43-58(21-7)36-59(22-8)44-64/h23-44,48-51H,15-22,45H2,1-14H3. The fraction of sp³-hybridized carbons (Fsp3) is 0.360. The van der Waals surface area contributed by atoms with E-state index in [0.29, 0.717) is 6.67 Å². The van der Waals surface area contributed by atoms with Crippen LogP contribution in [0.1, 0.15) is 218 Å². The Morgan fingerprint density at radius 1 is 0.338 bits per heavy atom. The summed E-state index contributed by atoms with van der Waals surface area (Å²) >= 11 is 0. The first-order valence-corrected chi connectivity index (χ1v) is 29.9. The lowest BCUT2D eigenvalue weighted by atomic mass is 9.81. The van der Waals surface area contributed by atoms with Gasteiger partial charge in [-0.15, -0.1) is 0 Å². The summed E-state index contributed by atoms with van der Waals surface area (Å²) in [6.07, 6.45) is 8.16. The van der Waals surface area contributed by atoms with Crippen molar-refractivity contribution in [3.8, 4) is 0 Å². The number of anilines is 2. The van der Waals surface area contributed by atoms with Crippen molar-refractivity contribution in [2.75, 3.05) is 16.5 Å². The topological polar surface area (TPSA) is 6.48 Å². The van der Waals surface area contributed by atoms with Gasteiger partial charge in [0.15, 0.2) is 0 Å². The molecule has 2 heteroatoms. The van der Waals surface area contributed by atoms with Crippen LogP contribution in [0.5, 0.6) is 0 Å². The van der Waals surface area contributed by atoms with E-state index in [4.69, 9.17) is 0 Å². The van der Waals surface area contributed by atoms with Gasteiger partial charge in [0.05, 0.1) is 22.8 Å². The summed E-state index contributed by atoms with van der Waals surface area (Å²) in [6.45, 7) is 33.8. The maximum absolute atomic E-state index is 2.82. The van der Waals surface area contributed by atoms with E-state index in [1.165, 1.54) is 145 Å².